The van der Waals surface area contributed by atoms with Gasteiger partial charge in [0.15, 0.2) is 0 Å². The molecule has 0 saturated carbocycles. The van der Waals surface area contributed by atoms with Crippen molar-refractivity contribution in [1.29, 1.82) is 0 Å². The molecule has 1 saturated heterocycles. The third-order valence-electron chi connectivity index (χ3n) is 6.28. The molecule has 0 aliphatic carbocycles. The molecule has 5 nitrogen and oxygen atoms in total. The van der Waals surface area contributed by atoms with Gasteiger partial charge in [-0.3, -0.25) is 9.59 Å². The Morgan fingerprint density at radius 3 is 2.48 bits per heavy atom. The van der Waals surface area contributed by atoms with E-state index in [1.165, 1.54) is 4.88 Å². The number of likely N-dealkylation sites (tertiary alicyclic amines) is 1. The van der Waals surface area contributed by atoms with Crippen molar-refractivity contribution in [3.8, 4) is 10.4 Å². The second kappa shape index (κ2) is 9.51. The summed E-state index contributed by atoms with van der Waals surface area (Å²) in [6, 6.07) is 7.86. The Hall–Kier alpha value is -2.21. The summed E-state index contributed by atoms with van der Waals surface area (Å²) in [6.45, 7) is 13.6. The van der Waals surface area contributed by atoms with Crippen LogP contribution in [0.4, 0.5) is 0 Å². The van der Waals surface area contributed by atoms with E-state index in [0.29, 0.717) is 19.0 Å². The van der Waals surface area contributed by atoms with Gasteiger partial charge in [0, 0.05) is 19.0 Å². The monoisotopic (exact) mass is 441 g/mol. The molecule has 2 amide bonds. The average Bonchev–Trinajstić information content (AvgIpc) is 3.31. The summed E-state index contributed by atoms with van der Waals surface area (Å²) < 4.78 is 0. The van der Waals surface area contributed by atoms with Gasteiger partial charge in [-0.1, -0.05) is 58.9 Å². The van der Waals surface area contributed by atoms with Crippen LogP contribution in [0.3, 0.4) is 0 Å². The molecule has 0 radical (unpaired) electrons. The van der Waals surface area contributed by atoms with Crippen LogP contribution in [0.1, 0.15) is 58.7 Å². The highest BCUT2D eigenvalue weighted by molar-refractivity contribution is 7.13. The summed E-state index contributed by atoms with van der Waals surface area (Å²) in [5.74, 6) is 0.322. The number of nitrogens with zero attached hydrogens (tertiary/aromatic N) is 2. The second-order valence-corrected chi connectivity index (χ2v) is 10.7. The molecule has 1 aromatic carbocycles. The van der Waals surface area contributed by atoms with Gasteiger partial charge in [-0.15, -0.1) is 11.3 Å². The van der Waals surface area contributed by atoms with Crippen molar-refractivity contribution in [1.82, 2.24) is 15.2 Å². The zero-order chi connectivity index (χ0) is 22.8. The number of rotatable bonds is 6. The molecule has 1 N–H and O–H groups in total. The van der Waals surface area contributed by atoms with Crippen LogP contribution in [0, 0.1) is 24.2 Å². The Labute approximate surface area is 190 Å². The molecule has 168 valence electrons. The van der Waals surface area contributed by atoms with Gasteiger partial charge in [0.2, 0.25) is 11.8 Å². The quantitative estimate of drug-likeness (QED) is 0.683. The minimum Gasteiger partial charge on any atom is -0.350 e. The van der Waals surface area contributed by atoms with Gasteiger partial charge in [-0.05, 0) is 42.2 Å². The molecule has 1 fully saturated rings. The van der Waals surface area contributed by atoms with Gasteiger partial charge >= 0.3 is 0 Å². The van der Waals surface area contributed by atoms with Crippen molar-refractivity contribution < 1.29 is 9.59 Å². The number of carbonyl (C=O) groups is 2. The lowest BCUT2D eigenvalue weighted by atomic mass is 9.78. The molecule has 6 heteroatoms. The van der Waals surface area contributed by atoms with E-state index in [1.807, 2.05) is 29.5 Å². The van der Waals surface area contributed by atoms with E-state index in [4.69, 9.17) is 0 Å². The van der Waals surface area contributed by atoms with Crippen LogP contribution in [0.15, 0.2) is 29.8 Å². The molecule has 0 spiro atoms. The smallest absolute Gasteiger partial charge is 0.243 e. The first kappa shape index (κ1) is 23.5. The molecule has 1 aliphatic heterocycles. The summed E-state index contributed by atoms with van der Waals surface area (Å²) in [4.78, 5) is 33.6. The standard InChI is InChI=1S/C25H35N3O2S/c1-7-20(25(4,5)6)24(30)28-14-16(2)12-21(28)23(29)26-13-18-8-10-19(11-9-18)22-17(3)27-15-31-22/h8-11,15-16,20-21H,7,12-14H2,1-6H3,(H,26,29)/t16-,20-,21+/m1/s1. The minimum absolute atomic E-state index is 0.0520. The number of aryl methyl sites for hydroxylation is 1. The fourth-order valence-electron chi connectivity index (χ4n) is 4.56. The largest absolute Gasteiger partial charge is 0.350 e. The normalized spacial score (nSPS) is 20.0. The number of thiazole rings is 1. The van der Waals surface area contributed by atoms with Gasteiger partial charge in [0.25, 0.3) is 0 Å². The summed E-state index contributed by atoms with van der Waals surface area (Å²) in [7, 11) is 0. The van der Waals surface area contributed by atoms with Crippen molar-refractivity contribution in [3.05, 3.63) is 41.0 Å². The first-order chi connectivity index (χ1) is 14.6. The van der Waals surface area contributed by atoms with E-state index >= 15 is 0 Å². The maximum absolute atomic E-state index is 13.3. The number of hydrogen-bond donors (Lipinski definition) is 1. The maximum Gasteiger partial charge on any atom is 0.243 e. The van der Waals surface area contributed by atoms with Crippen LogP contribution in [0.2, 0.25) is 0 Å². The van der Waals surface area contributed by atoms with E-state index in [0.717, 1.165) is 29.7 Å². The summed E-state index contributed by atoms with van der Waals surface area (Å²) in [5.41, 5.74) is 4.97. The number of aromatic nitrogens is 1. The van der Waals surface area contributed by atoms with Crippen LogP contribution in [0.5, 0.6) is 0 Å². The molecule has 0 unspecified atom stereocenters. The van der Waals surface area contributed by atoms with Gasteiger partial charge in [-0.2, -0.15) is 0 Å². The molecular formula is C25H35N3O2S. The van der Waals surface area contributed by atoms with E-state index in [2.05, 4.69) is 57.1 Å². The first-order valence-electron chi connectivity index (χ1n) is 11.2. The third kappa shape index (κ3) is 5.35. The van der Waals surface area contributed by atoms with Gasteiger partial charge in [-0.25, -0.2) is 4.98 Å². The summed E-state index contributed by atoms with van der Waals surface area (Å²) in [6.07, 6.45) is 1.51. The van der Waals surface area contributed by atoms with E-state index < -0.39 is 0 Å². The molecule has 1 aromatic heterocycles. The molecule has 2 heterocycles. The van der Waals surface area contributed by atoms with E-state index in [-0.39, 0.29) is 29.2 Å². The second-order valence-electron chi connectivity index (χ2n) is 9.86. The van der Waals surface area contributed by atoms with Crippen LogP contribution >= 0.6 is 11.3 Å². The van der Waals surface area contributed by atoms with E-state index in [9.17, 15) is 9.59 Å². The number of nitrogens with one attached hydrogen (secondary N) is 1. The average molecular weight is 442 g/mol. The third-order valence-corrected chi connectivity index (χ3v) is 7.25. The van der Waals surface area contributed by atoms with Crippen LogP contribution < -0.4 is 5.32 Å². The SMILES string of the molecule is CC[C@H](C(=O)N1C[C@H](C)C[C@H]1C(=O)NCc1ccc(-c2scnc2C)cc1)C(C)(C)C. The molecule has 3 atom stereocenters. The van der Waals surface area contributed by atoms with Gasteiger partial charge < -0.3 is 10.2 Å². The molecule has 31 heavy (non-hydrogen) atoms. The van der Waals surface area contributed by atoms with Crippen LogP contribution in [-0.2, 0) is 16.1 Å². The predicted octanol–water partition coefficient (Wildman–Crippen LogP) is 5.04. The van der Waals surface area contributed by atoms with Crippen LogP contribution in [-0.4, -0.2) is 34.3 Å². The Morgan fingerprint density at radius 1 is 1.26 bits per heavy atom. The topological polar surface area (TPSA) is 62.3 Å². The Morgan fingerprint density at radius 2 is 1.94 bits per heavy atom. The van der Waals surface area contributed by atoms with Gasteiger partial charge in [0.1, 0.15) is 6.04 Å². The van der Waals surface area contributed by atoms with Crippen molar-refractivity contribution in [2.24, 2.45) is 17.3 Å². The van der Waals surface area contributed by atoms with Crippen molar-refractivity contribution in [3.63, 3.8) is 0 Å². The fraction of sp³-hybridized carbons (Fsp3) is 0.560. The molecule has 3 rings (SSSR count). The fourth-order valence-corrected chi connectivity index (χ4v) is 5.37. The molecule has 0 bridgehead atoms. The van der Waals surface area contributed by atoms with Crippen molar-refractivity contribution in [2.45, 2.75) is 67.0 Å². The highest BCUT2D eigenvalue weighted by atomic mass is 32.1. The first-order valence-corrected chi connectivity index (χ1v) is 12.1. The lowest BCUT2D eigenvalue weighted by molar-refractivity contribution is -0.144. The number of amides is 2. The Kier molecular flexibility index (Phi) is 7.20. The Bertz CT molecular complexity index is 914. The zero-order valence-electron chi connectivity index (χ0n) is 19.6. The Balaban J connectivity index is 1.65. The summed E-state index contributed by atoms with van der Waals surface area (Å²) >= 11 is 1.63. The van der Waals surface area contributed by atoms with Gasteiger partial charge in [0.05, 0.1) is 16.1 Å². The summed E-state index contributed by atoms with van der Waals surface area (Å²) in [5, 5.41) is 3.07. The maximum atomic E-state index is 13.3. The van der Waals surface area contributed by atoms with Crippen molar-refractivity contribution >= 4 is 23.2 Å². The predicted molar refractivity (Wildman–Crippen MR) is 127 cm³/mol. The van der Waals surface area contributed by atoms with Crippen molar-refractivity contribution in [2.75, 3.05) is 6.54 Å². The number of benzene rings is 1. The zero-order valence-corrected chi connectivity index (χ0v) is 20.4. The minimum atomic E-state index is -0.377. The van der Waals surface area contributed by atoms with E-state index in [1.54, 1.807) is 11.3 Å². The lowest BCUT2D eigenvalue weighted by Crippen LogP contribution is -2.49. The van der Waals surface area contributed by atoms with Crippen LogP contribution in [0.25, 0.3) is 10.4 Å². The molecule has 1 aliphatic rings. The number of hydrogen-bond acceptors (Lipinski definition) is 4. The lowest BCUT2D eigenvalue weighted by Gasteiger charge is -2.34. The highest BCUT2D eigenvalue weighted by Gasteiger charge is 2.42. The highest BCUT2D eigenvalue weighted by Crippen LogP contribution is 2.34. The molecule has 2 aromatic rings. The molecular weight excluding hydrogens is 406 g/mol. The number of carbonyl (C=O) groups excluding carboxylic acids is 2.